The molecule has 8 heteroatoms. The van der Waals surface area contributed by atoms with Crippen LogP contribution in [-0.4, -0.2) is 33.0 Å². The Kier molecular flexibility index (Phi) is 6.57. The van der Waals surface area contributed by atoms with E-state index in [0.717, 1.165) is 12.0 Å². The molecule has 7 nitrogen and oxygen atoms in total. The highest BCUT2D eigenvalue weighted by molar-refractivity contribution is 6.45. The molecular formula is C26H27ClN4O3. The third-order valence-electron chi connectivity index (χ3n) is 5.89. The van der Waals surface area contributed by atoms with Crippen LogP contribution in [0.15, 0.2) is 48.8 Å². The molecule has 176 valence electrons. The van der Waals surface area contributed by atoms with Gasteiger partial charge in [-0.1, -0.05) is 39.3 Å². The predicted molar refractivity (Wildman–Crippen MR) is 128 cm³/mol. The zero-order valence-corrected chi connectivity index (χ0v) is 20.5. The van der Waals surface area contributed by atoms with Gasteiger partial charge in [-0.15, -0.1) is 0 Å². The van der Waals surface area contributed by atoms with Gasteiger partial charge in [-0.3, -0.25) is 14.5 Å². The summed E-state index contributed by atoms with van der Waals surface area (Å²) in [6.45, 7) is 8.03. The Morgan fingerprint density at radius 1 is 1.03 bits per heavy atom. The van der Waals surface area contributed by atoms with Crippen molar-refractivity contribution in [2.24, 2.45) is 0 Å². The lowest BCUT2D eigenvalue weighted by Crippen LogP contribution is -2.39. The second-order valence-corrected chi connectivity index (χ2v) is 9.00. The Morgan fingerprint density at radius 3 is 2.24 bits per heavy atom. The Balaban J connectivity index is 1.99. The van der Waals surface area contributed by atoms with E-state index < -0.39 is 17.7 Å². The minimum Gasteiger partial charge on any atom is -0.858 e. The van der Waals surface area contributed by atoms with E-state index >= 15 is 0 Å². The summed E-state index contributed by atoms with van der Waals surface area (Å²) in [6.07, 6.45) is 4.98. The van der Waals surface area contributed by atoms with E-state index in [1.807, 2.05) is 39.8 Å². The van der Waals surface area contributed by atoms with Crippen LogP contribution < -0.4 is 9.67 Å². The summed E-state index contributed by atoms with van der Waals surface area (Å²) >= 11 is 6.01. The number of halogens is 1. The second kappa shape index (κ2) is 9.43. The molecule has 2 amide bonds. The Labute approximate surface area is 203 Å². The van der Waals surface area contributed by atoms with Gasteiger partial charge in [0.25, 0.3) is 11.6 Å². The molecule has 0 aliphatic carbocycles. The van der Waals surface area contributed by atoms with Gasteiger partial charge in [-0.25, -0.2) is 4.68 Å². The number of benzene rings is 1. The van der Waals surface area contributed by atoms with E-state index in [9.17, 15) is 14.7 Å². The fraction of sp³-hybridized carbons (Fsp3) is 0.308. The number of hydrogen-bond acceptors (Lipinski definition) is 4. The standard InChI is InChI=1S/C26H27ClN4O3/c1-5-13-30-24(32)21(23(26(30)34)29-14-11-17(6-2)12-15-29)20-22(16(3)4)28-31(25(20)33)19-9-7-18(27)8-10-19/h7-12,14-16H,5-6,13H2,1-4H3. The molecule has 0 fully saturated rings. The van der Waals surface area contributed by atoms with Gasteiger partial charge < -0.3 is 5.11 Å². The Hall–Kier alpha value is -3.45. The fourth-order valence-corrected chi connectivity index (χ4v) is 4.24. The Morgan fingerprint density at radius 2 is 1.68 bits per heavy atom. The minimum absolute atomic E-state index is 0.0987. The average molecular weight is 479 g/mol. The first kappa shape index (κ1) is 23.7. The van der Waals surface area contributed by atoms with Gasteiger partial charge in [0.05, 0.1) is 11.4 Å². The van der Waals surface area contributed by atoms with Crippen molar-refractivity contribution in [3.63, 3.8) is 0 Å². The van der Waals surface area contributed by atoms with Gasteiger partial charge in [0.1, 0.15) is 5.57 Å². The maximum Gasteiger partial charge on any atom is 0.326 e. The molecule has 3 aromatic rings. The summed E-state index contributed by atoms with van der Waals surface area (Å²) in [4.78, 5) is 28.2. The van der Waals surface area contributed by atoms with E-state index in [1.165, 1.54) is 9.58 Å². The van der Waals surface area contributed by atoms with E-state index in [1.54, 1.807) is 41.2 Å². The lowest BCUT2D eigenvalue weighted by molar-refractivity contribution is -0.577. The topological polar surface area (TPSA) is 82.1 Å². The maximum absolute atomic E-state index is 13.7. The summed E-state index contributed by atoms with van der Waals surface area (Å²) in [5, 5.41) is 18.8. The number of pyridine rings is 1. The third kappa shape index (κ3) is 4.01. The van der Waals surface area contributed by atoms with Crippen molar-refractivity contribution in [3.8, 4) is 11.6 Å². The van der Waals surface area contributed by atoms with E-state index in [0.29, 0.717) is 22.8 Å². The van der Waals surface area contributed by atoms with Crippen molar-refractivity contribution >= 4 is 34.7 Å². The molecule has 0 spiro atoms. The zero-order valence-electron chi connectivity index (χ0n) is 19.7. The largest absolute Gasteiger partial charge is 0.858 e. The number of aryl methyl sites for hydroxylation is 1. The summed E-state index contributed by atoms with van der Waals surface area (Å²) in [7, 11) is 0. The zero-order chi connectivity index (χ0) is 24.6. The summed E-state index contributed by atoms with van der Waals surface area (Å²) in [6, 6.07) is 10.6. The molecule has 0 atom stereocenters. The fourth-order valence-electron chi connectivity index (χ4n) is 4.11. The van der Waals surface area contributed by atoms with Gasteiger partial charge in [0, 0.05) is 29.3 Å². The van der Waals surface area contributed by atoms with Gasteiger partial charge in [0.2, 0.25) is 0 Å². The summed E-state index contributed by atoms with van der Waals surface area (Å²) in [5.41, 5.74) is 2.55. The number of imide groups is 1. The van der Waals surface area contributed by atoms with Crippen molar-refractivity contribution in [1.29, 1.82) is 0 Å². The molecule has 0 unspecified atom stereocenters. The Bertz CT molecular complexity index is 1270. The number of rotatable bonds is 7. The first-order valence-corrected chi connectivity index (χ1v) is 11.8. The molecule has 0 N–H and O–H groups in total. The van der Waals surface area contributed by atoms with E-state index in [4.69, 9.17) is 11.6 Å². The van der Waals surface area contributed by atoms with Crippen molar-refractivity contribution in [2.75, 3.05) is 6.54 Å². The van der Waals surface area contributed by atoms with E-state index in [2.05, 4.69) is 5.10 Å². The normalized spacial score (nSPS) is 14.1. The summed E-state index contributed by atoms with van der Waals surface area (Å²) < 4.78 is 2.91. The van der Waals surface area contributed by atoms with Crippen molar-refractivity contribution in [3.05, 3.63) is 70.6 Å². The number of aromatic nitrogens is 3. The van der Waals surface area contributed by atoms with Crippen LogP contribution in [0.25, 0.3) is 17.0 Å². The van der Waals surface area contributed by atoms with E-state index in [-0.39, 0.29) is 29.3 Å². The number of carbonyl (C=O) groups excluding carboxylic acids is 2. The molecule has 0 saturated carbocycles. The number of nitrogens with zero attached hydrogens (tertiary/aromatic N) is 4. The average Bonchev–Trinajstić information content (AvgIpc) is 3.29. The third-order valence-corrected chi connectivity index (χ3v) is 6.15. The van der Waals surface area contributed by atoms with Gasteiger partial charge in [-0.2, -0.15) is 9.67 Å². The van der Waals surface area contributed by atoms with Gasteiger partial charge in [-0.05, 0) is 54.5 Å². The van der Waals surface area contributed by atoms with Crippen molar-refractivity contribution < 1.29 is 19.3 Å². The molecular weight excluding hydrogens is 452 g/mol. The number of carbonyl (C=O) groups is 2. The van der Waals surface area contributed by atoms with Gasteiger partial charge >= 0.3 is 5.91 Å². The monoisotopic (exact) mass is 478 g/mol. The van der Waals surface area contributed by atoms with Crippen LogP contribution in [0, 0.1) is 0 Å². The first-order chi connectivity index (χ1) is 16.3. The minimum atomic E-state index is -0.469. The van der Waals surface area contributed by atoms with Crippen LogP contribution in [0.3, 0.4) is 0 Å². The molecule has 3 heterocycles. The molecule has 1 aromatic carbocycles. The van der Waals surface area contributed by atoms with Crippen LogP contribution >= 0.6 is 11.6 Å². The number of amides is 2. The van der Waals surface area contributed by atoms with Crippen molar-refractivity contribution in [2.45, 2.75) is 46.5 Å². The molecule has 0 radical (unpaired) electrons. The number of hydrogen-bond donors (Lipinski definition) is 0. The lowest BCUT2D eigenvalue weighted by Gasteiger charge is -2.15. The highest BCUT2D eigenvalue weighted by atomic mass is 35.5. The first-order valence-electron chi connectivity index (χ1n) is 11.5. The molecule has 2 aromatic heterocycles. The van der Waals surface area contributed by atoms with Crippen LogP contribution in [0.5, 0.6) is 5.88 Å². The van der Waals surface area contributed by atoms with Crippen LogP contribution in [0.1, 0.15) is 56.9 Å². The molecule has 1 aliphatic heterocycles. The molecule has 1 aliphatic rings. The smallest absolute Gasteiger partial charge is 0.326 e. The van der Waals surface area contributed by atoms with Crippen LogP contribution in [0.2, 0.25) is 5.02 Å². The van der Waals surface area contributed by atoms with Crippen LogP contribution in [-0.2, 0) is 16.0 Å². The highest BCUT2D eigenvalue weighted by Gasteiger charge is 2.46. The summed E-state index contributed by atoms with van der Waals surface area (Å²) in [5.74, 6) is -1.47. The highest BCUT2D eigenvalue weighted by Crippen LogP contribution is 2.39. The maximum atomic E-state index is 13.7. The molecule has 0 bridgehead atoms. The lowest BCUT2D eigenvalue weighted by atomic mass is 9.98. The molecule has 0 saturated heterocycles. The van der Waals surface area contributed by atoms with Gasteiger partial charge in [0.15, 0.2) is 12.4 Å². The van der Waals surface area contributed by atoms with Crippen molar-refractivity contribution in [1.82, 2.24) is 14.7 Å². The predicted octanol–water partition coefficient (Wildman–Crippen LogP) is 3.72. The SMILES string of the molecule is CCCN1C(=O)C(c2c(C(C)C)nn(-c3ccc(Cl)cc3)c2[O-])=C([n+]2ccc(CC)cc2)C1=O. The quantitative estimate of drug-likeness (QED) is 0.383. The second-order valence-electron chi connectivity index (χ2n) is 8.56. The molecule has 4 rings (SSSR count). The van der Waals surface area contributed by atoms with Crippen LogP contribution in [0.4, 0.5) is 0 Å². The molecule has 34 heavy (non-hydrogen) atoms.